The Balaban J connectivity index is 2.24. The minimum Gasteiger partial charge on any atom is -0.461 e. The van der Waals surface area contributed by atoms with Crippen LogP contribution < -0.4 is 0 Å². The van der Waals surface area contributed by atoms with Gasteiger partial charge in [0.15, 0.2) is 0 Å². The maximum Gasteiger partial charge on any atom is 0.306 e. The number of hydrogen-bond donors (Lipinski definition) is 0. The van der Waals surface area contributed by atoms with E-state index in [4.69, 9.17) is 4.74 Å². The standard InChI is InChI=1S/C11H14O2S/c1-14-8-7-11(12)13-9-10-5-3-2-4-6-10/h2-6H,7-9H2,1H3. The first kappa shape index (κ1) is 11.1. The van der Waals surface area contributed by atoms with E-state index in [1.54, 1.807) is 11.8 Å². The van der Waals surface area contributed by atoms with Gasteiger partial charge in [0.25, 0.3) is 0 Å². The summed E-state index contributed by atoms with van der Waals surface area (Å²) in [4.78, 5) is 11.1. The van der Waals surface area contributed by atoms with E-state index in [-0.39, 0.29) is 5.97 Å². The molecule has 0 atom stereocenters. The number of thioether (sulfide) groups is 1. The predicted molar refractivity (Wildman–Crippen MR) is 59.2 cm³/mol. The van der Waals surface area contributed by atoms with Crippen molar-refractivity contribution in [1.82, 2.24) is 0 Å². The van der Waals surface area contributed by atoms with Gasteiger partial charge in [0.05, 0.1) is 6.42 Å². The molecule has 0 aliphatic heterocycles. The Morgan fingerprint density at radius 3 is 2.71 bits per heavy atom. The lowest BCUT2D eigenvalue weighted by Crippen LogP contribution is -2.05. The highest BCUT2D eigenvalue weighted by Crippen LogP contribution is 2.03. The summed E-state index contributed by atoms with van der Waals surface area (Å²) in [6.45, 7) is 0.383. The molecule has 0 N–H and O–H groups in total. The minimum absolute atomic E-state index is 0.122. The van der Waals surface area contributed by atoms with E-state index in [1.807, 2.05) is 36.6 Å². The van der Waals surface area contributed by atoms with Gasteiger partial charge in [-0.2, -0.15) is 11.8 Å². The SMILES string of the molecule is CSCCC(=O)OCc1ccccc1. The summed E-state index contributed by atoms with van der Waals surface area (Å²) in [5.41, 5.74) is 1.03. The molecule has 0 spiro atoms. The molecule has 2 nitrogen and oxygen atoms in total. The third kappa shape index (κ3) is 4.33. The van der Waals surface area contributed by atoms with Crippen molar-refractivity contribution in [2.75, 3.05) is 12.0 Å². The molecular formula is C11H14O2S. The van der Waals surface area contributed by atoms with Gasteiger partial charge in [0.1, 0.15) is 6.61 Å². The molecule has 0 saturated carbocycles. The molecule has 1 aromatic carbocycles. The first-order valence-electron chi connectivity index (χ1n) is 4.51. The highest BCUT2D eigenvalue weighted by atomic mass is 32.2. The van der Waals surface area contributed by atoms with Crippen LogP contribution in [0.15, 0.2) is 30.3 Å². The summed E-state index contributed by atoms with van der Waals surface area (Å²) in [5, 5.41) is 0. The van der Waals surface area contributed by atoms with Crippen LogP contribution in [-0.2, 0) is 16.1 Å². The lowest BCUT2D eigenvalue weighted by Gasteiger charge is -2.03. The third-order valence-corrected chi connectivity index (χ3v) is 2.37. The van der Waals surface area contributed by atoms with Crippen molar-refractivity contribution < 1.29 is 9.53 Å². The quantitative estimate of drug-likeness (QED) is 0.698. The van der Waals surface area contributed by atoms with E-state index in [0.717, 1.165) is 11.3 Å². The van der Waals surface area contributed by atoms with Gasteiger partial charge < -0.3 is 4.74 Å². The summed E-state index contributed by atoms with van der Waals surface area (Å²) in [6, 6.07) is 9.71. The van der Waals surface area contributed by atoms with Crippen LogP contribution in [0.5, 0.6) is 0 Å². The van der Waals surface area contributed by atoms with E-state index in [2.05, 4.69) is 0 Å². The van der Waals surface area contributed by atoms with Gasteiger partial charge in [-0.3, -0.25) is 4.79 Å². The second-order valence-corrected chi connectivity index (χ2v) is 3.87. The van der Waals surface area contributed by atoms with Crippen molar-refractivity contribution in [3.63, 3.8) is 0 Å². The van der Waals surface area contributed by atoms with Crippen molar-refractivity contribution in [3.05, 3.63) is 35.9 Å². The van der Waals surface area contributed by atoms with Crippen molar-refractivity contribution in [2.24, 2.45) is 0 Å². The Morgan fingerprint density at radius 1 is 1.36 bits per heavy atom. The number of hydrogen-bond acceptors (Lipinski definition) is 3. The molecule has 0 bridgehead atoms. The van der Waals surface area contributed by atoms with Crippen LogP contribution in [0.3, 0.4) is 0 Å². The fourth-order valence-corrected chi connectivity index (χ4v) is 1.37. The Labute approximate surface area is 88.7 Å². The molecule has 0 aliphatic rings. The van der Waals surface area contributed by atoms with Gasteiger partial charge in [-0.05, 0) is 11.8 Å². The molecule has 0 radical (unpaired) electrons. The summed E-state index contributed by atoms with van der Waals surface area (Å²) in [6.07, 6.45) is 2.47. The predicted octanol–water partition coefficient (Wildman–Crippen LogP) is 2.48. The van der Waals surface area contributed by atoms with Gasteiger partial charge in [0, 0.05) is 5.75 Å². The third-order valence-electron chi connectivity index (χ3n) is 1.75. The topological polar surface area (TPSA) is 26.3 Å². The largest absolute Gasteiger partial charge is 0.461 e. The van der Waals surface area contributed by atoms with Crippen LogP contribution in [0.25, 0.3) is 0 Å². The fourth-order valence-electron chi connectivity index (χ4n) is 0.996. The Hall–Kier alpha value is -0.960. The molecule has 0 unspecified atom stereocenters. The van der Waals surface area contributed by atoms with Crippen molar-refractivity contribution in [3.8, 4) is 0 Å². The normalized spacial score (nSPS) is 9.79. The molecule has 0 fully saturated rings. The molecular weight excluding hydrogens is 196 g/mol. The summed E-state index contributed by atoms with van der Waals surface area (Å²) < 4.78 is 5.08. The van der Waals surface area contributed by atoms with Crippen LogP contribution in [-0.4, -0.2) is 18.0 Å². The molecule has 0 aromatic heterocycles. The zero-order valence-corrected chi connectivity index (χ0v) is 9.05. The Bertz CT molecular complexity index is 272. The maximum absolute atomic E-state index is 11.1. The Morgan fingerprint density at radius 2 is 2.07 bits per heavy atom. The number of carbonyl (C=O) groups is 1. The van der Waals surface area contributed by atoms with Gasteiger partial charge in [-0.15, -0.1) is 0 Å². The number of carbonyl (C=O) groups excluding carboxylic acids is 1. The summed E-state index contributed by atoms with van der Waals surface area (Å²) in [7, 11) is 0. The number of ether oxygens (including phenoxy) is 1. The molecule has 0 heterocycles. The lowest BCUT2D eigenvalue weighted by atomic mass is 10.2. The van der Waals surface area contributed by atoms with Crippen molar-refractivity contribution in [2.45, 2.75) is 13.0 Å². The van der Waals surface area contributed by atoms with Gasteiger partial charge >= 0.3 is 5.97 Å². The lowest BCUT2D eigenvalue weighted by molar-refractivity contribution is -0.144. The first-order valence-corrected chi connectivity index (χ1v) is 5.91. The van der Waals surface area contributed by atoms with Crippen LogP contribution in [0.1, 0.15) is 12.0 Å². The number of esters is 1. The molecule has 76 valence electrons. The maximum atomic E-state index is 11.1. The van der Waals surface area contributed by atoms with Crippen LogP contribution in [0.4, 0.5) is 0 Å². The zero-order valence-electron chi connectivity index (χ0n) is 8.23. The van der Waals surface area contributed by atoms with Gasteiger partial charge in [-0.25, -0.2) is 0 Å². The second kappa shape index (κ2) is 6.49. The highest BCUT2D eigenvalue weighted by molar-refractivity contribution is 7.98. The first-order chi connectivity index (χ1) is 6.83. The fraction of sp³-hybridized carbons (Fsp3) is 0.364. The molecule has 1 rings (SSSR count). The van der Waals surface area contributed by atoms with Gasteiger partial charge in [0.2, 0.25) is 0 Å². The van der Waals surface area contributed by atoms with E-state index < -0.39 is 0 Å². The van der Waals surface area contributed by atoms with Crippen LogP contribution in [0.2, 0.25) is 0 Å². The summed E-state index contributed by atoms with van der Waals surface area (Å²) >= 11 is 1.65. The van der Waals surface area contributed by atoms with Crippen LogP contribution >= 0.6 is 11.8 Å². The minimum atomic E-state index is -0.122. The van der Waals surface area contributed by atoms with Crippen LogP contribution in [0, 0.1) is 0 Å². The highest BCUT2D eigenvalue weighted by Gasteiger charge is 2.01. The molecule has 0 saturated heterocycles. The van der Waals surface area contributed by atoms with E-state index in [0.29, 0.717) is 13.0 Å². The average Bonchev–Trinajstić information content (AvgIpc) is 2.25. The molecule has 0 aliphatic carbocycles. The van der Waals surface area contributed by atoms with Gasteiger partial charge in [-0.1, -0.05) is 30.3 Å². The second-order valence-electron chi connectivity index (χ2n) is 2.89. The van der Waals surface area contributed by atoms with Crippen molar-refractivity contribution in [1.29, 1.82) is 0 Å². The number of rotatable bonds is 5. The van der Waals surface area contributed by atoms with Crippen molar-refractivity contribution >= 4 is 17.7 Å². The monoisotopic (exact) mass is 210 g/mol. The molecule has 1 aromatic rings. The molecule has 0 amide bonds. The number of benzene rings is 1. The smallest absolute Gasteiger partial charge is 0.306 e. The average molecular weight is 210 g/mol. The van der Waals surface area contributed by atoms with E-state index in [1.165, 1.54) is 0 Å². The Kier molecular flexibility index (Phi) is 5.15. The van der Waals surface area contributed by atoms with E-state index >= 15 is 0 Å². The summed E-state index contributed by atoms with van der Waals surface area (Å²) in [5.74, 6) is 0.705. The molecule has 3 heteroatoms. The van der Waals surface area contributed by atoms with E-state index in [9.17, 15) is 4.79 Å². The molecule has 14 heavy (non-hydrogen) atoms. The zero-order chi connectivity index (χ0) is 10.2.